The number of benzene rings is 1. The van der Waals surface area contributed by atoms with Crippen molar-refractivity contribution in [3.63, 3.8) is 0 Å². The second kappa shape index (κ2) is 12.4. The molecule has 36 heavy (non-hydrogen) atoms. The van der Waals surface area contributed by atoms with Crippen molar-refractivity contribution in [3.8, 4) is 11.5 Å². The van der Waals surface area contributed by atoms with E-state index in [9.17, 15) is 24.6 Å². The lowest BCUT2D eigenvalue weighted by Gasteiger charge is -2.27. The lowest BCUT2D eigenvalue weighted by molar-refractivity contribution is -0.132. The van der Waals surface area contributed by atoms with Crippen LogP contribution in [0.5, 0.6) is 11.5 Å². The first-order valence-electron chi connectivity index (χ1n) is 12.4. The number of phenols is 1. The van der Waals surface area contributed by atoms with Gasteiger partial charge in [-0.15, -0.1) is 0 Å². The molecule has 3 rings (SSSR count). The maximum Gasteiger partial charge on any atom is 0.331 e. The monoisotopic (exact) mass is 498 g/mol. The summed E-state index contributed by atoms with van der Waals surface area (Å²) in [5, 5.41) is 19.7. The number of Topliss-reactive ketones (excluding diaryl/α,β-unsaturated/α-hetero) is 2. The molecule has 0 radical (unpaired) electrons. The van der Waals surface area contributed by atoms with Crippen LogP contribution in [0.4, 0.5) is 0 Å². The van der Waals surface area contributed by atoms with Crippen molar-refractivity contribution in [2.45, 2.75) is 65.7 Å². The zero-order valence-corrected chi connectivity index (χ0v) is 21.1. The Bertz CT molecular complexity index is 1120. The highest BCUT2D eigenvalue weighted by Gasteiger charge is 2.29. The molecule has 0 fully saturated rings. The molecule has 8 nitrogen and oxygen atoms in total. The molecule has 1 aliphatic heterocycles. The Labute approximate surface area is 211 Å². The number of rotatable bonds is 13. The van der Waals surface area contributed by atoms with Crippen LogP contribution in [0.25, 0.3) is 0 Å². The normalized spacial score (nSPS) is 15.1. The number of hydrogen-bond donors (Lipinski definition) is 2. The van der Waals surface area contributed by atoms with Crippen molar-refractivity contribution >= 4 is 17.5 Å². The van der Waals surface area contributed by atoms with Crippen molar-refractivity contribution in [2.75, 3.05) is 19.8 Å². The summed E-state index contributed by atoms with van der Waals surface area (Å²) >= 11 is 0. The number of ketones is 2. The number of ether oxygens (including phenoxy) is 3. The van der Waals surface area contributed by atoms with Gasteiger partial charge in [-0.1, -0.05) is 13.3 Å². The summed E-state index contributed by atoms with van der Waals surface area (Å²) in [6, 6.07) is 3.33. The summed E-state index contributed by atoms with van der Waals surface area (Å²) in [5.74, 6) is -0.137. The van der Waals surface area contributed by atoms with Crippen LogP contribution in [0.1, 0.15) is 75.2 Å². The Morgan fingerprint density at radius 3 is 2.36 bits per heavy atom. The number of allylic oxidation sites excluding steroid dienone is 2. The fourth-order valence-electron chi connectivity index (χ4n) is 4.38. The number of aliphatic carboxylic acids is 1. The van der Waals surface area contributed by atoms with Crippen LogP contribution >= 0.6 is 0 Å². The molecule has 1 aromatic carbocycles. The molecule has 8 heteroatoms. The maximum atomic E-state index is 12.1. The number of carbonyl (C=O) groups excluding carboxylic acids is 2. The van der Waals surface area contributed by atoms with Gasteiger partial charge in [0.2, 0.25) is 5.76 Å². The Morgan fingerprint density at radius 1 is 1.00 bits per heavy atom. The van der Waals surface area contributed by atoms with Gasteiger partial charge in [0.25, 0.3) is 0 Å². The van der Waals surface area contributed by atoms with Gasteiger partial charge in [-0.25, -0.2) is 4.79 Å². The van der Waals surface area contributed by atoms with Crippen LogP contribution in [0.3, 0.4) is 0 Å². The van der Waals surface area contributed by atoms with Crippen LogP contribution in [0.15, 0.2) is 46.4 Å². The van der Waals surface area contributed by atoms with Crippen LogP contribution in [-0.2, 0) is 25.5 Å². The molecule has 0 bridgehead atoms. The zero-order valence-electron chi connectivity index (χ0n) is 21.1. The van der Waals surface area contributed by atoms with Gasteiger partial charge in [-0.05, 0) is 69.2 Å². The Kier molecular flexibility index (Phi) is 9.33. The summed E-state index contributed by atoms with van der Waals surface area (Å²) < 4.78 is 17.5. The van der Waals surface area contributed by atoms with E-state index in [4.69, 9.17) is 14.2 Å². The molecule has 1 aromatic rings. The molecule has 0 amide bonds. The minimum Gasteiger partial charge on any atom is -0.507 e. The first-order valence-corrected chi connectivity index (χ1v) is 12.4. The number of hydrogen-bond acceptors (Lipinski definition) is 7. The van der Waals surface area contributed by atoms with Crippen molar-refractivity contribution < 1.29 is 38.8 Å². The van der Waals surface area contributed by atoms with E-state index < -0.39 is 5.97 Å². The number of carboxylic acids is 1. The SMILES string of the molecule is CCCc1c(OCCCCCOC2=C(C(C)=O)OCC3=C2CCC(C(=O)O)=C3)ccc(C(C)=O)c1O. The molecule has 2 N–H and O–H groups in total. The second-order valence-corrected chi connectivity index (χ2v) is 8.98. The highest BCUT2D eigenvalue weighted by Crippen LogP contribution is 2.36. The predicted molar refractivity (Wildman–Crippen MR) is 133 cm³/mol. The van der Waals surface area contributed by atoms with Crippen LogP contribution in [0, 0.1) is 0 Å². The predicted octanol–water partition coefficient (Wildman–Crippen LogP) is 5.05. The van der Waals surface area contributed by atoms with Gasteiger partial charge >= 0.3 is 5.97 Å². The second-order valence-electron chi connectivity index (χ2n) is 8.98. The first kappa shape index (κ1) is 27.0. The van der Waals surface area contributed by atoms with E-state index in [1.165, 1.54) is 13.8 Å². The minimum atomic E-state index is -0.945. The standard InChI is InChI=1S/C28H34O8/c1-4-8-23-24(12-11-21(17(2)29)25(23)31)34-13-6-5-7-14-35-27-22-10-9-19(28(32)33)15-20(22)16-36-26(27)18(3)30/h11-12,15,31H,4-10,13-14,16H2,1-3H3,(H,32,33). The number of phenolic OH excluding ortho intramolecular Hbond substituents is 1. The zero-order chi connectivity index (χ0) is 26.2. The fraction of sp³-hybridized carbons (Fsp3) is 0.464. The van der Waals surface area contributed by atoms with Gasteiger partial charge in [0.15, 0.2) is 17.3 Å². The van der Waals surface area contributed by atoms with Crippen molar-refractivity contribution in [1.29, 1.82) is 0 Å². The molecule has 0 spiro atoms. The quantitative estimate of drug-likeness (QED) is 0.287. The van der Waals surface area contributed by atoms with Gasteiger partial charge in [-0.2, -0.15) is 0 Å². The number of unbranched alkanes of at least 4 members (excludes halogenated alkanes) is 2. The number of carbonyl (C=O) groups is 3. The molecular weight excluding hydrogens is 464 g/mol. The highest BCUT2D eigenvalue weighted by molar-refractivity contribution is 5.97. The molecule has 0 saturated carbocycles. The summed E-state index contributed by atoms with van der Waals surface area (Å²) in [6.07, 6.45) is 6.23. The molecule has 1 aliphatic carbocycles. The molecule has 1 heterocycles. The lowest BCUT2D eigenvalue weighted by Crippen LogP contribution is -2.21. The molecular formula is C28H34O8. The van der Waals surface area contributed by atoms with Crippen LogP contribution < -0.4 is 4.74 Å². The lowest BCUT2D eigenvalue weighted by atomic mass is 9.89. The van der Waals surface area contributed by atoms with Gasteiger partial charge in [0.05, 0.1) is 18.8 Å². The average molecular weight is 499 g/mol. The molecule has 0 saturated heterocycles. The van der Waals surface area contributed by atoms with E-state index >= 15 is 0 Å². The van der Waals surface area contributed by atoms with Crippen LogP contribution in [0.2, 0.25) is 0 Å². The van der Waals surface area contributed by atoms with Crippen molar-refractivity contribution in [2.24, 2.45) is 0 Å². The molecule has 194 valence electrons. The smallest absolute Gasteiger partial charge is 0.331 e. The van der Waals surface area contributed by atoms with Gasteiger partial charge in [-0.3, -0.25) is 9.59 Å². The van der Waals surface area contributed by atoms with Gasteiger partial charge in [0, 0.05) is 23.6 Å². The van der Waals surface area contributed by atoms with E-state index in [-0.39, 0.29) is 29.7 Å². The third-order valence-corrected chi connectivity index (χ3v) is 6.24. The summed E-state index contributed by atoms with van der Waals surface area (Å²) in [7, 11) is 0. The van der Waals surface area contributed by atoms with E-state index in [0.717, 1.165) is 36.8 Å². The van der Waals surface area contributed by atoms with Crippen LogP contribution in [-0.4, -0.2) is 47.6 Å². The van der Waals surface area contributed by atoms with Gasteiger partial charge < -0.3 is 24.4 Å². The Hall–Kier alpha value is -3.55. The molecule has 0 atom stereocenters. The van der Waals surface area contributed by atoms with Crippen molar-refractivity contribution in [3.05, 3.63) is 57.6 Å². The number of aromatic hydroxyl groups is 1. The van der Waals surface area contributed by atoms with E-state index in [0.29, 0.717) is 60.7 Å². The Morgan fingerprint density at radius 2 is 1.72 bits per heavy atom. The minimum absolute atomic E-state index is 0.00112. The number of carboxylic acid groups (broad SMARTS) is 1. The fourth-order valence-corrected chi connectivity index (χ4v) is 4.38. The molecule has 2 aliphatic rings. The van der Waals surface area contributed by atoms with E-state index in [1.807, 2.05) is 6.92 Å². The third-order valence-electron chi connectivity index (χ3n) is 6.24. The largest absolute Gasteiger partial charge is 0.507 e. The highest BCUT2D eigenvalue weighted by atomic mass is 16.5. The summed E-state index contributed by atoms with van der Waals surface area (Å²) in [5.41, 5.74) is 2.88. The van der Waals surface area contributed by atoms with Crippen molar-refractivity contribution in [1.82, 2.24) is 0 Å². The van der Waals surface area contributed by atoms with E-state index in [1.54, 1.807) is 18.2 Å². The first-order chi connectivity index (χ1) is 17.2. The van der Waals surface area contributed by atoms with Gasteiger partial charge in [0.1, 0.15) is 18.1 Å². The summed E-state index contributed by atoms with van der Waals surface area (Å²) in [6.45, 7) is 5.86. The molecule has 0 unspecified atom stereocenters. The Balaban J connectivity index is 1.53. The van der Waals surface area contributed by atoms with E-state index in [2.05, 4.69) is 0 Å². The third kappa shape index (κ3) is 6.36. The maximum absolute atomic E-state index is 12.1. The topological polar surface area (TPSA) is 119 Å². The molecule has 0 aromatic heterocycles. The average Bonchev–Trinajstić information content (AvgIpc) is 2.84. The summed E-state index contributed by atoms with van der Waals surface area (Å²) in [4.78, 5) is 35.1.